The van der Waals surface area contributed by atoms with Crippen molar-refractivity contribution in [2.75, 3.05) is 39.9 Å². The first-order valence-electron chi connectivity index (χ1n) is 8.03. The van der Waals surface area contributed by atoms with E-state index in [4.69, 9.17) is 16.3 Å². The summed E-state index contributed by atoms with van der Waals surface area (Å²) in [5, 5.41) is 7.51. The minimum Gasteiger partial charge on any atom is -0.379 e. The van der Waals surface area contributed by atoms with E-state index in [1.807, 2.05) is 24.3 Å². The Morgan fingerprint density at radius 3 is 2.48 bits per heavy atom. The number of nitrogens with zero attached hydrogens (tertiary/aromatic N) is 2. The van der Waals surface area contributed by atoms with E-state index in [1.54, 1.807) is 7.05 Å². The molecule has 23 heavy (non-hydrogen) atoms. The van der Waals surface area contributed by atoms with E-state index in [9.17, 15) is 0 Å². The minimum absolute atomic E-state index is 0.0572. The summed E-state index contributed by atoms with van der Waals surface area (Å²) in [6, 6.07) is 7.83. The molecule has 1 fully saturated rings. The molecule has 5 nitrogen and oxygen atoms in total. The third-order valence-electron chi connectivity index (χ3n) is 4.15. The van der Waals surface area contributed by atoms with Gasteiger partial charge in [-0.2, -0.15) is 0 Å². The maximum absolute atomic E-state index is 5.91. The molecule has 0 unspecified atom stereocenters. The predicted octanol–water partition coefficient (Wildman–Crippen LogP) is 2.12. The molecule has 0 amide bonds. The van der Waals surface area contributed by atoms with E-state index in [-0.39, 0.29) is 5.54 Å². The first-order chi connectivity index (χ1) is 11.0. The number of guanidine groups is 1. The van der Waals surface area contributed by atoms with Crippen molar-refractivity contribution in [2.24, 2.45) is 4.99 Å². The Morgan fingerprint density at radius 2 is 1.87 bits per heavy atom. The van der Waals surface area contributed by atoms with Crippen molar-refractivity contribution in [3.8, 4) is 0 Å². The van der Waals surface area contributed by atoms with Crippen LogP contribution in [-0.2, 0) is 11.3 Å². The normalized spacial score (nSPS) is 17.1. The van der Waals surface area contributed by atoms with Crippen LogP contribution in [0.4, 0.5) is 0 Å². The standard InChI is InChI=1S/C17H27ClN4O/c1-17(2,22-8-10-23-11-9-22)13-21-16(19-3)20-12-14-4-6-15(18)7-5-14/h4-7H,8-13H2,1-3H3,(H2,19,20,21). The summed E-state index contributed by atoms with van der Waals surface area (Å²) in [7, 11) is 1.79. The minimum atomic E-state index is 0.0572. The number of rotatable bonds is 5. The van der Waals surface area contributed by atoms with Gasteiger partial charge in [0.05, 0.1) is 13.2 Å². The van der Waals surface area contributed by atoms with E-state index in [1.165, 1.54) is 5.56 Å². The average Bonchev–Trinajstić information content (AvgIpc) is 2.57. The van der Waals surface area contributed by atoms with Crippen molar-refractivity contribution in [2.45, 2.75) is 25.9 Å². The summed E-state index contributed by atoms with van der Waals surface area (Å²) in [6.07, 6.45) is 0. The Balaban J connectivity index is 1.81. The Morgan fingerprint density at radius 1 is 1.22 bits per heavy atom. The van der Waals surface area contributed by atoms with Crippen LogP contribution in [-0.4, -0.2) is 56.3 Å². The Bertz CT molecular complexity index is 510. The van der Waals surface area contributed by atoms with Gasteiger partial charge in [-0.3, -0.25) is 9.89 Å². The van der Waals surface area contributed by atoms with E-state index in [0.29, 0.717) is 0 Å². The molecule has 1 aliphatic heterocycles. The highest BCUT2D eigenvalue weighted by molar-refractivity contribution is 6.30. The van der Waals surface area contributed by atoms with Gasteiger partial charge < -0.3 is 15.4 Å². The molecule has 1 aromatic rings. The molecule has 1 aliphatic rings. The van der Waals surface area contributed by atoms with Crippen LogP contribution in [0.1, 0.15) is 19.4 Å². The smallest absolute Gasteiger partial charge is 0.191 e. The van der Waals surface area contributed by atoms with Gasteiger partial charge in [0.15, 0.2) is 5.96 Å². The maximum atomic E-state index is 5.91. The van der Waals surface area contributed by atoms with Gasteiger partial charge in [0.1, 0.15) is 0 Å². The molecular weight excluding hydrogens is 312 g/mol. The van der Waals surface area contributed by atoms with Crippen molar-refractivity contribution in [1.29, 1.82) is 0 Å². The van der Waals surface area contributed by atoms with Crippen LogP contribution in [0.5, 0.6) is 0 Å². The molecule has 6 heteroatoms. The van der Waals surface area contributed by atoms with Crippen LogP contribution in [0.2, 0.25) is 5.02 Å². The molecular formula is C17H27ClN4O. The topological polar surface area (TPSA) is 48.9 Å². The van der Waals surface area contributed by atoms with E-state index in [2.05, 4.69) is 34.4 Å². The number of aliphatic imine (C=N–C) groups is 1. The zero-order valence-electron chi connectivity index (χ0n) is 14.2. The predicted molar refractivity (Wildman–Crippen MR) is 96.1 cm³/mol. The quantitative estimate of drug-likeness (QED) is 0.638. The number of hydrogen-bond acceptors (Lipinski definition) is 3. The summed E-state index contributed by atoms with van der Waals surface area (Å²) < 4.78 is 5.43. The third-order valence-corrected chi connectivity index (χ3v) is 4.40. The van der Waals surface area contributed by atoms with Gasteiger partial charge in [0, 0.05) is 43.8 Å². The van der Waals surface area contributed by atoms with Gasteiger partial charge in [-0.15, -0.1) is 0 Å². The highest BCUT2D eigenvalue weighted by Gasteiger charge is 2.28. The van der Waals surface area contributed by atoms with Gasteiger partial charge in [0.25, 0.3) is 0 Å². The highest BCUT2D eigenvalue weighted by atomic mass is 35.5. The number of nitrogens with one attached hydrogen (secondary N) is 2. The lowest BCUT2D eigenvalue weighted by molar-refractivity contribution is -0.00834. The Hall–Kier alpha value is -1.30. The van der Waals surface area contributed by atoms with Gasteiger partial charge in [0.2, 0.25) is 0 Å². The largest absolute Gasteiger partial charge is 0.379 e. The zero-order chi connectivity index (χ0) is 16.7. The van der Waals surface area contributed by atoms with Crippen molar-refractivity contribution >= 4 is 17.6 Å². The second kappa shape index (κ2) is 8.52. The monoisotopic (exact) mass is 338 g/mol. The lowest BCUT2D eigenvalue weighted by Gasteiger charge is -2.41. The molecule has 0 radical (unpaired) electrons. The molecule has 1 saturated heterocycles. The summed E-state index contributed by atoms with van der Waals surface area (Å²) in [5.74, 6) is 0.807. The maximum Gasteiger partial charge on any atom is 0.191 e. The molecule has 1 aromatic carbocycles. The molecule has 2 N–H and O–H groups in total. The molecule has 0 spiro atoms. The Labute approximate surface area is 144 Å². The fraction of sp³-hybridized carbons (Fsp3) is 0.588. The zero-order valence-corrected chi connectivity index (χ0v) is 15.0. The van der Waals surface area contributed by atoms with Gasteiger partial charge in [-0.25, -0.2) is 0 Å². The molecule has 1 heterocycles. The Kier molecular flexibility index (Phi) is 6.69. The summed E-state index contributed by atoms with van der Waals surface area (Å²) in [5.41, 5.74) is 1.23. The first-order valence-corrected chi connectivity index (χ1v) is 8.41. The van der Waals surface area contributed by atoms with E-state index >= 15 is 0 Å². The molecule has 0 saturated carbocycles. The number of morpholine rings is 1. The number of benzene rings is 1. The van der Waals surface area contributed by atoms with Crippen LogP contribution >= 0.6 is 11.6 Å². The number of ether oxygens (including phenoxy) is 1. The fourth-order valence-electron chi connectivity index (χ4n) is 2.59. The second-order valence-corrected chi connectivity index (χ2v) is 6.75. The molecule has 128 valence electrons. The van der Waals surface area contributed by atoms with E-state index in [0.717, 1.165) is 50.4 Å². The molecule has 0 bridgehead atoms. The average molecular weight is 339 g/mol. The van der Waals surface area contributed by atoms with Gasteiger partial charge in [-0.1, -0.05) is 23.7 Å². The van der Waals surface area contributed by atoms with Crippen LogP contribution in [0, 0.1) is 0 Å². The lowest BCUT2D eigenvalue weighted by Crippen LogP contribution is -2.56. The number of hydrogen-bond donors (Lipinski definition) is 2. The number of halogens is 1. The second-order valence-electron chi connectivity index (χ2n) is 6.32. The van der Waals surface area contributed by atoms with Crippen molar-refractivity contribution < 1.29 is 4.74 Å². The fourth-order valence-corrected chi connectivity index (χ4v) is 2.72. The summed E-state index contributed by atoms with van der Waals surface area (Å²) in [6.45, 7) is 9.62. The third kappa shape index (κ3) is 5.68. The molecule has 0 aromatic heterocycles. The van der Waals surface area contributed by atoms with Gasteiger partial charge >= 0.3 is 0 Å². The molecule has 2 rings (SSSR count). The highest BCUT2D eigenvalue weighted by Crippen LogP contribution is 2.15. The molecule has 0 atom stereocenters. The van der Waals surface area contributed by atoms with E-state index < -0.39 is 0 Å². The van der Waals surface area contributed by atoms with Crippen molar-refractivity contribution in [3.63, 3.8) is 0 Å². The SMILES string of the molecule is CN=C(NCc1ccc(Cl)cc1)NCC(C)(C)N1CCOCC1. The van der Waals surface area contributed by atoms with Crippen LogP contribution in [0.3, 0.4) is 0 Å². The van der Waals surface area contributed by atoms with Crippen LogP contribution in [0.25, 0.3) is 0 Å². The van der Waals surface area contributed by atoms with Crippen molar-refractivity contribution in [3.05, 3.63) is 34.9 Å². The van der Waals surface area contributed by atoms with Gasteiger partial charge in [-0.05, 0) is 31.5 Å². The summed E-state index contributed by atoms with van der Waals surface area (Å²) in [4.78, 5) is 6.75. The van der Waals surface area contributed by atoms with Crippen LogP contribution in [0.15, 0.2) is 29.3 Å². The summed E-state index contributed by atoms with van der Waals surface area (Å²) >= 11 is 5.91. The van der Waals surface area contributed by atoms with Crippen molar-refractivity contribution in [1.82, 2.24) is 15.5 Å². The lowest BCUT2D eigenvalue weighted by atomic mass is 10.0. The molecule has 0 aliphatic carbocycles. The first kappa shape index (κ1) is 18.0. The van der Waals surface area contributed by atoms with Crippen LogP contribution < -0.4 is 10.6 Å².